The van der Waals surface area contributed by atoms with Gasteiger partial charge in [0.15, 0.2) is 0 Å². The van der Waals surface area contributed by atoms with Gasteiger partial charge in [0.05, 0.1) is 18.0 Å². The predicted molar refractivity (Wildman–Crippen MR) is 93.1 cm³/mol. The van der Waals surface area contributed by atoms with Crippen LogP contribution in [0.15, 0.2) is 54.6 Å². The van der Waals surface area contributed by atoms with E-state index in [9.17, 15) is 4.79 Å². The van der Waals surface area contributed by atoms with Gasteiger partial charge < -0.3 is 9.30 Å². The molecule has 3 rings (SSSR count). The summed E-state index contributed by atoms with van der Waals surface area (Å²) in [5, 5.41) is 1.12. The van der Waals surface area contributed by atoms with E-state index in [0.29, 0.717) is 6.61 Å². The van der Waals surface area contributed by atoms with E-state index in [0.717, 1.165) is 22.3 Å². The molecule has 0 aliphatic carbocycles. The van der Waals surface area contributed by atoms with Gasteiger partial charge in [-0.15, -0.1) is 0 Å². The number of aromatic nitrogens is 1. The topological polar surface area (TPSA) is 31.2 Å². The molecular formula is C20H21NO2. The molecule has 0 saturated carbocycles. The second kappa shape index (κ2) is 6.29. The molecule has 0 amide bonds. The third-order valence-electron chi connectivity index (χ3n) is 4.12. The first-order chi connectivity index (χ1) is 11.1. The fraction of sp³-hybridized carbons (Fsp3) is 0.250. The highest BCUT2D eigenvalue weighted by Gasteiger charge is 2.22. The molecule has 118 valence electrons. The molecule has 2 aromatic carbocycles. The Labute approximate surface area is 136 Å². The molecule has 3 heteroatoms. The summed E-state index contributed by atoms with van der Waals surface area (Å²) in [5.74, 6) is -0.507. The lowest BCUT2D eigenvalue weighted by Gasteiger charge is -2.16. The maximum Gasteiger partial charge on any atom is 0.314 e. The Hall–Kier alpha value is -2.55. The van der Waals surface area contributed by atoms with Crippen molar-refractivity contribution in [3.05, 3.63) is 65.9 Å². The monoisotopic (exact) mass is 307 g/mol. The number of hydrogen-bond donors (Lipinski definition) is 0. The summed E-state index contributed by atoms with van der Waals surface area (Å²) in [5.41, 5.74) is 4.32. The number of carbonyl (C=O) groups is 1. The molecule has 0 spiro atoms. The Morgan fingerprint density at radius 2 is 1.83 bits per heavy atom. The first kappa shape index (κ1) is 15.3. The molecular weight excluding hydrogens is 286 g/mol. The lowest BCUT2D eigenvalue weighted by Crippen LogP contribution is -2.16. The van der Waals surface area contributed by atoms with Crippen molar-refractivity contribution < 1.29 is 9.53 Å². The second-order valence-corrected chi connectivity index (χ2v) is 5.77. The molecule has 1 aromatic heterocycles. The number of para-hydroxylation sites is 1. The Morgan fingerprint density at radius 3 is 2.52 bits per heavy atom. The Morgan fingerprint density at radius 1 is 1.13 bits per heavy atom. The third-order valence-corrected chi connectivity index (χ3v) is 4.12. The average Bonchev–Trinajstić information content (AvgIpc) is 2.94. The van der Waals surface area contributed by atoms with Crippen molar-refractivity contribution in [2.75, 3.05) is 6.61 Å². The lowest BCUT2D eigenvalue weighted by atomic mass is 10.1. The summed E-state index contributed by atoms with van der Waals surface area (Å²) in [4.78, 5) is 12.2. The highest BCUT2D eigenvalue weighted by Crippen LogP contribution is 2.30. The van der Waals surface area contributed by atoms with E-state index in [1.165, 1.54) is 5.56 Å². The maximum absolute atomic E-state index is 12.2. The van der Waals surface area contributed by atoms with Gasteiger partial charge in [-0.05, 0) is 45.0 Å². The summed E-state index contributed by atoms with van der Waals surface area (Å²) in [7, 11) is 0. The summed E-state index contributed by atoms with van der Waals surface area (Å²) < 4.78 is 7.36. The average molecular weight is 307 g/mol. The maximum atomic E-state index is 12.2. The molecule has 1 heterocycles. The lowest BCUT2D eigenvalue weighted by molar-refractivity contribution is -0.144. The molecule has 0 saturated heterocycles. The Kier molecular flexibility index (Phi) is 4.20. The van der Waals surface area contributed by atoms with Crippen molar-refractivity contribution in [2.45, 2.75) is 26.7 Å². The second-order valence-electron chi connectivity index (χ2n) is 5.77. The van der Waals surface area contributed by atoms with Crippen LogP contribution >= 0.6 is 0 Å². The molecule has 0 fully saturated rings. The molecule has 3 aromatic rings. The van der Waals surface area contributed by atoms with Crippen molar-refractivity contribution in [1.29, 1.82) is 0 Å². The number of benzene rings is 2. The molecule has 1 atom stereocenters. The van der Waals surface area contributed by atoms with E-state index in [1.54, 1.807) is 0 Å². The van der Waals surface area contributed by atoms with E-state index in [2.05, 4.69) is 54.0 Å². The number of ether oxygens (including phenoxy) is 1. The minimum Gasteiger partial charge on any atom is -0.465 e. The van der Waals surface area contributed by atoms with Crippen molar-refractivity contribution in [3.8, 4) is 5.69 Å². The summed E-state index contributed by atoms with van der Waals surface area (Å²) in [6.07, 6.45) is 0. The number of hydrogen-bond acceptors (Lipinski definition) is 2. The van der Waals surface area contributed by atoms with Crippen LogP contribution in [0.4, 0.5) is 0 Å². The van der Waals surface area contributed by atoms with Gasteiger partial charge in [0.2, 0.25) is 0 Å². The van der Waals surface area contributed by atoms with E-state index in [1.807, 2.05) is 26.0 Å². The van der Waals surface area contributed by atoms with E-state index >= 15 is 0 Å². The van der Waals surface area contributed by atoms with Crippen LogP contribution in [0.2, 0.25) is 0 Å². The molecule has 0 aliphatic heterocycles. The van der Waals surface area contributed by atoms with Crippen LogP contribution in [-0.4, -0.2) is 17.1 Å². The van der Waals surface area contributed by atoms with Crippen LogP contribution in [0.5, 0.6) is 0 Å². The Bertz CT molecular complexity index is 830. The van der Waals surface area contributed by atoms with Gasteiger partial charge >= 0.3 is 5.97 Å². The van der Waals surface area contributed by atoms with Crippen LogP contribution in [0, 0.1) is 6.92 Å². The Balaban J connectivity index is 2.19. The number of fused-ring (bicyclic) bond motifs is 1. The van der Waals surface area contributed by atoms with Gasteiger partial charge in [-0.1, -0.05) is 35.9 Å². The number of nitrogens with zero attached hydrogens (tertiary/aromatic N) is 1. The number of aryl methyl sites for hydroxylation is 1. The fourth-order valence-corrected chi connectivity index (χ4v) is 2.86. The standard InChI is InChI=1S/C20H21NO2/c1-4-23-20(22)15(3)19-13-16-7-5-6-8-18(16)21(19)17-11-9-14(2)10-12-17/h5-13,15H,4H2,1-3H3. The zero-order chi connectivity index (χ0) is 16.4. The summed E-state index contributed by atoms with van der Waals surface area (Å²) in [6.45, 7) is 6.20. The van der Waals surface area contributed by atoms with Gasteiger partial charge in [-0.2, -0.15) is 0 Å². The zero-order valence-electron chi connectivity index (χ0n) is 13.7. The van der Waals surface area contributed by atoms with Gasteiger partial charge in [-0.25, -0.2) is 0 Å². The van der Waals surface area contributed by atoms with Crippen LogP contribution in [0.1, 0.15) is 31.0 Å². The van der Waals surface area contributed by atoms with Crippen LogP contribution in [0.25, 0.3) is 16.6 Å². The number of esters is 1. The number of carbonyl (C=O) groups excluding carboxylic acids is 1. The minimum absolute atomic E-state index is 0.191. The molecule has 0 bridgehead atoms. The van der Waals surface area contributed by atoms with E-state index in [-0.39, 0.29) is 11.9 Å². The quantitative estimate of drug-likeness (QED) is 0.659. The fourth-order valence-electron chi connectivity index (χ4n) is 2.86. The van der Waals surface area contributed by atoms with Crippen molar-refractivity contribution in [2.24, 2.45) is 0 Å². The van der Waals surface area contributed by atoms with Crippen molar-refractivity contribution in [1.82, 2.24) is 4.57 Å². The summed E-state index contributed by atoms with van der Waals surface area (Å²) >= 11 is 0. The van der Waals surface area contributed by atoms with E-state index < -0.39 is 0 Å². The molecule has 23 heavy (non-hydrogen) atoms. The SMILES string of the molecule is CCOC(=O)C(C)c1cc2ccccc2n1-c1ccc(C)cc1. The zero-order valence-corrected chi connectivity index (χ0v) is 13.7. The minimum atomic E-state index is -0.316. The van der Waals surface area contributed by atoms with Crippen molar-refractivity contribution >= 4 is 16.9 Å². The molecule has 0 aliphatic rings. The van der Waals surface area contributed by atoms with Gasteiger partial charge in [0, 0.05) is 16.8 Å². The van der Waals surface area contributed by atoms with Crippen LogP contribution in [-0.2, 0) is 9.53 Å². The predicted octanol–water partition coefficient (Wildman–Crippen LogP) is 4.61. The molecule has 0 N–H and O–H groups in total. The van der Waals surface area contributed by atoms with Gasteiger partial charge in [0.1, 0.15) is 0 Å². The largest absolute Gasteiger partial charge is 0.465 e. The van der Waals surface area contributed by atoms with Crippen LogP contribution in [0.3, 0.4) is 0 Å². The highest BCUT2D eigenvalue weighted by atomic mass is 16.5. The molecule has 0 radical (unpaired) electrons. The molecule has 1 unspecified atom stereocenters. The number of rotatable bonds is 4. The smallest absolute Gasteiger partial charge is 0.314 e. The first-order valence-electron chi connectivity index (χ1n) is 7.96. The van der Waals surface area contributed by atoms with Gasteiger partial charge in [0.25, 0.3) is 0 Å². The molecule has 3 nitrogen and oxygen atoms in total. The summed E-state index contributed by atoms with van der Waals surface area (Å²) in [6, 6.07) is 18.6. The third kappa shape index (κ3) is 2.87. The normalized spacial score (nSPS) is 12.3. The first-order valence-corrected chi connectivity index (χ1v) is 7.96. The van der Waals surface area contributed by atoms with Crippen LogP contribution < -0.4 is 0 Å². The van der Waals surface area contributed by atoms with E-state index in [4.69, 9.17) is 4.74 Å². The highest BCUT2D eigenvalue weighted by molar-refractivity contribution is 5.86. The van der Waals surface area contributed by atoms with Crippen molar-refractivity contribution in [3.63, 3.8) is 0 Å². The van der Waals surface area contributed by atoms with Gasteiger partial charge in [-0.3, -0.25) is 4.79 Å².